The lowest BCUT2D eigenvalue weighted by Gasteiger charge is -2.36. The van der Waals surface area contributed by atoms with Gasteiger partial charge in [-0.1, -0.05) is 0 Å². The van der Waals surface area contributed by atoms with Crippen LogP contribution in [0.3, 0.4) is 0 Å². The Morgan fingerprint density at radius 2 is 1.96 bits per heavy atom. The Labute approximate surface area is 137 Å². The van der Waals surface area contributed by atoms with Gasteiger partial charge in [0.25, 0.3) is 0 Å². The second-order valence-corrected chi connectivity index (χ2v) is 6.00. The molecule has 0 aromatic carbocycles. The summed E-state index contributed by atoms with van der Waals surface area (Å²) >= 11 is 0. The molecule has 1 fully saturated rings. The summed E-state index contributed by atoms with van der Waals surface area (Å²) in [5.41, 5.74) is 3.82. The fraction of sp³-hybridized carbons (Fsp3) is 0.529. The topological polar surface area (TPSA) is 46.4 Å². The summed E-state index contributed by atoms with van der Waals surface area (Å²) in [4.78, 5) is 13.4. The predicted molar refractivity (Wildman–Crippen MR) is 90.6 cm³/mol. The number of nitrogens with zero attached hydrogens (tertiary/aromatic N) is 5. The molecular weight excluding hydrogens is 290 g/mol. The number of anilines is 1. The molecule has 6 nitrogen and oxygen atoms in total. The summed E-state index contributed by atoms with van der Waals surface area (Å²) < 4.78 is 7.34. The van der Waals surface area contributed by atoms with Gasteiger partial charge >= 0.3 is 0 Å². The van der Waals surface area contributed by atoms with Crippen molar-refractivity contribution < 1.29 is 4.74 Å². The standard InChI is InChI=1S/C17H25N5O/c1-15-11-18-4-3-17(15)21-7-5-20(6-8-21)13-16-12-19-14-22(16)9-10-23-2/h3-4,11-12,14H,5-10,13H2,1-2H3. The Morgan fingerprint density at radius 3 is 2.70 bits per heavy atom. The summed E-state index contributed by atoms with van der Waals surface area (Å²) in [5, 5.41) is 0. The van der Waals surface area contributed by atoms with Crippen LogP contribution in [-0.2, 0) is 17.8 Å². The van der Waals surface area contributed by atoms with E-state index < -0.39 is 0 Å². The fourth-order valence-electron chi connectivity index (χ4n) is 3.07. The van der Waals surface area contributed by atoms with Crippen LogP contribution in [0.1, 0.15) is 11.3 Å². The summed E-state index contributed by atoms with van der Waals surface area (Å²) in [5.74, 6) is 0. The molecule has 124 valence electrons. The molecule has 0 atom stereocenters. The maximum atomic E-state index is 5.16. The zero-order valence-electron chi connectivity index (χ0n) is 14.0. The molecule has 6 heteroatoms. The van der Waals surface area contributed by atoms with Gasteiger partial charge in [0.05, 0.1) is 18.6 Å². The van der Waals surface area contributed by atoms with E-state index in [0.29, 0.717) is 0 Å². The summed E-state index contributed by atoms with van der Waals surface area (Å²) in [6.07, 6.45) is 7.68. The van der Waals surface area contributed by atoms with Crippen molar-refractivity contribution in [1.29, 1.82) is 0 Å². The third kappa shape index (κ3) is 3.89. The average molecular weight is 315 g/mol. The predicted octanol–water partition coefficient (Wildman–Crippen LogP) is 1.56. The minimum absolute atomic E-state index is 0.721. The molecule has 2 aromatic heterocycles. The minimum atomic E-state index is 0.721. The summed E-state index contributed by atoms with van der Waals surface area (Å²) in [6, 6.07) is 2.12. The third-order valence-electron chi connectivity index (χ3n) is 4.42. The van der Waals surface area contributed by atoms with E-state index in [4.69, 9.17) is 4.74 Å². The first-order chi connectivity index (χ1) is 11.3. The van der Waals surface area contributed by atoms with Gasteiger partial charge in [0.1, 0.15) is 0 Å². The Morgan fingerprint density at radius 1 is 1.13 bits per heavy atom. The van der Waals surface area contributed by atoms with Gasteiger partial charge in [0, 0.05) is 70.7 Å². The lowest BCUT2D eigenvalue weighted by atomic mass is 10.2. The zero-order valence-corrected chi connectivity index (χ0v) is 14.0. The van der Waals surface area contributed by atoms with E-state index >= 15 is 0 Å². The molecule has 1 aliphatic heterocycles. The molecule has 0 saturated carbocycles. The number of hydrogen-bond acceptors (Lipinski definition) is 5. The number of rotatable bonds is 6. The van der Waals surface area contributed by atoms with Crippen molar-refractivity contribution >= 4 is 5.69 Å². The minimum Gasteiger partial charge on any atom is -0.383 e. The zero-order chi connectivity index (χ0) is 16.1. The number of piperazine rings is 1. The molecular formula is C17H25N5O. The van der Waals surface area contributed by atoms with Crippen LogP contribution in [0.25, 0.3) is 0 Å². The lowest BCUT2D eigenvalue weighted by Crippen LogP contribution is -2.46. The monoisotopic (exact) mass is 315 g/mol. The Bertz CT molecular complexity index is 619. The van der Waals surface area contributed by atoms with Crippen LogP contribution in [-0.4, -0.2) is 59.3 Å². The largest absolute Gasteiger partial charge is 0.383 e. The molecule has 0 amide bonds. The van der Waals surface area contributed by atoms with E-state index in [1.165, 1.54) is 16.9 Å². The molecule has 0 bridgehead atoms. The van der Waals surface area contributed by atoms with E-state index in [-0.39, 0.29) is 0 Å². The van der Waals surface area contributed by atoms with Crippen LogP contribution in [0.4, 0.5) is 5.69 Å². The smallest absolute Gasteiger partial charge is 0.0949 e. The van der Waals surface area contributed by atoms with E-state index in [0.717, 1.165) is 45.9 Å². The van der Waals surface area contributed by atoms with Gasteiger partial charge in [-0.2, -0.15) is 0 Å². The second-order valence-electron chi connectivity index (χ2n) is 6.00. The van der Waals surface area contributed by atoms with E-state index in [9.17, 15) is 0 Å². The van der Waals surface area contributed by atoms with Gasteiger partial charge in [-0.3, -0.25) is 9.88 Å². The van der Waals surface area contributed by atoms with Gasteiger partial charge in [-0.15, -0.1) is 0 Å². The molecule has 3 heterocycles. The molecule has 0 unspecified atom stereocenters. The van der Waals surface area contributed by atoms with Crippen molar-refractivity contribution in [1.82, 2.24) is 19.4 Å². The second kappa shape index (κ2) is 7.57. The third-order valence-corrected chi connectivity index (χ3v) is 4.42. The molecule has 0 radical (unpaired) electrons. The van der Waals surface area contributed by atoms with Crippen molar-refractivity contribution in [3.8, 4) is 0 Å². The number of imidazole rings is 1. The van der Waals surface area contributed by atoms with Crippen molar-refractivity contribution in [3.05, 3.63) is 42.2 Å². The highest BCUT2D eigenvalue weighted by molar-refractivity contribution is 5.51. The molecule has 1 aliphatic rings. The number of aromatic nitrogens is 3. The van der Waals surface area contributed by atoms with Crippen LogP contribution >= 0.6 is 0 Å². The van der Waals surface area contributed by atoms with Gasteiger partial charge in [0.2, 0.25) is 0 Å². The number of methoxy groups -OCH3 is 1. The normalized spacial score (nSPS) is 16.0. The first-order valence-corrected chi connectivity index (χ1v) is 8.14. The van der Waals surface area contributed by atoms with Crippen molar-refractivity contribution in [3.63, 3.8) is 0 Å². The van der Waals surface area contributed by atoms with Crippen molar-refractivity contribution in [2.24, 2.45) is 0 Å². The Hall–Kier alpha value is -1.92. The highest BCUT2D eigenvalue weighted by Crippen LogP contribution is 2.20. The molecule has 1 saturated heterocycles. The number of aryl methyl sites for hydroxylation is 1. The molecule has 0 N–H and O–H groups in total. The molecule has 23 heavy (non-hydrogen) atoms. The molecule has 0 spiro atoms. The number of hydrogen-bond donors (Lipinski definition) is 0. The highest BCUT2D eigenvalue weighted by Gasteiger charge is 2.19. The average Bonchev–Trinajstić information content (AvgIpc) is 3.01. The molecule has 3 rings (SSSR count). The Balaban J connectivity index is 1.55. The Kier molecular flexibility index (Phi) is 5.25. The van der Waals surface area contributed by atoms with Gasteiger partial charge in [-0.25, -0.2) is 4.98 Å². The van der Waals surface area contributed by atoms with Gasteiger partial charge in [0.15, 0.2) is 0 Å². The fourth-order valence-corrected chi connectivity index (χ4v) is 3.07. The van der Waals surface area contributed by atoms with Gasteiger partial charge < -0.3 is 14.2 Å². The van der Waals surface area contributed by atoms with Crippen molar-refractivity contribution in [2.75, 3.05) is 44.8 Å². The van der Waals surface area contributed by atoms with E-state index in [1.807, 2.05) is 24.9 Å². The van der Waals surface area contributed by atoms with Crippen LogP contribution in [0.2, 0.25) is 0 Å². The van der Waals surface area contributed by atoms with E-state index in [1.54, 1.807) is 7.11 Å². The molecule has 2 aromatic rings. The highest BCUT2D eigenvalue weighted by atomic mass is 16.5. The maximum Gasteiger partial charge on any atom is 0.0949 e. The van der Waals surface area contributed by atoms with Gasteiger partial charge in [-0.05, 0) is 18.6 Å². The first-order valence-electron chi connectivity index (χ1n) is 8.14. The van der Waals surface area contributed by atoms with E-state index in [2.05, 4.69) is 37.3 Å². The quantitative estimate of drug-likeness (QED) is 0.809. The SMILES string of the molecule is COCCn1cncc1CN1CCN(c2ccncc2C)CC1. The van der Waals surface area contributed by atoms with Crippen LogP contribution in [0, 0.1) is 6.92 Å². The number of ether oxygens (including phenoxy) is 1. The summed E-state index contributed by atoms with van der Waals surface area (Å²) in [7, 11) is 1.73. The molecule has 0 aliphatic carbocycles. The lowest BCUT2D eigenvalue weighted by molar-refractivity contribution is 0.183. The number of pyridine rings is 1. The van der Waals surface area contributed by atoms with Crippen molar-refractivity contribution in [2.45, 2.75) is 20.0 Å². The first kappa shape index (κ1) is 16.0. The van der Waals surface area contributed by atoms with Crippen LogP contribution in [0.5, 0.6) is 0 Å². The summed E-state index contributed by atoms with van der Waals surface area (Å²) in [6.45, 7) is 8.90. The van der Waals surface area contributed by atoms with Crippen LogP contribution in [0.15, 0.2) is 31.0 Å². The maximum absolute atomic E-state index is 5.16. The van der Waals surface area contributed by atoms with Crippen LogP contribution < -0.4 is 4.90 Å².